The maximum absolute atomic E-state index is 12.3. The van der Waals surface area contributed by atoms with E-state index >= 15 is 0 Å². The van der Waals surface area contributed by atoms with Gasteiger partial charge in [0.2, 0.25) is 0 Å². The van der Waals surface area contributed by atoms with Gasteiger partial charge in [0.15, 0.2) is 5.78 Å². The molecule has 0 aliphatic rings. The summed E-state index contributed by atoms with van der Waals surface area (Å²) in [7, 11) is 0. The highest BCUT2D eigenvalue weighted by molar-refractivity contribution is 6.13. The second-order valence-electron chi connectivity index (χ2n) is 4.15. The minimum atomic E-state index is -0.0950. The first-order valence-electron chi connectivity index (χ1n) is 5.91. The van der Waals surface area contributed by atoms with E-state index in [0.29, 0.717) is 22.5 Å². The number of hydrogen-bond acceptors (Lipinski definition) is 3. The van der Waals surface area contributed by atoms with Gasteiger partial charge in [0.1, 0.15) is 0 Å². The van der Waals surface area contributed by atoms with E-state index in [9.17, 15) is 4.79 Å². The first-order valence-corrected chi connectivity index (χ1v) is 5.91. The van der Waals surface area contributed by atoms with Crippen LogP contribution in [0.4, 0.5) is 11.4 Å². The molecule has 0 spiro atoms. The Hall–Kier alpha value is -2.29. The van der Waals surface area contributed by atoms with E-state index in [-0.39, 0.29) is 5.78 Å². The molecule has 0 radical (unpaired) electrons. The lowest BCUT2D eigenvalue weighted by Crippen LogP contribution is -2.09. The Kier molecular flexibility index (Phi) is 3.33. The fraction of sp³-hybridized carbons (Fsp3) is 0.133. The van der Waals surface area contributed by atoms with Crippen molar-refractivity contribution < 1.29 is 4.79 Å². The standard InChI is InChI=1S/C15H16N2O/c1-2-10-8-9-12(14(17)13(10)16)15(18)11-6-4-3-5-7-11/h3-9H,2,16-17H2,1H3. The summed E-state index contributed by atoms with van der Waals surface area (Å²) in [5, 5.41) is 0. The number of benzene rings is 2. The maximum Gasteiger partial charge on any atom is 0.195 e. The Morgan fingerprint density at radius 2 is 1.67 bits per heavy atom. The summed E-state index contributed by atoms with van der Waals surface area (Å²) >= 11 is 0. The summed E-state index contributed by atoms with van der Waals surface area (Å²) in [4.78, 5) is 12.3. The molecule has 3 heteroatoms. The van der Waals surface area contributed by atoms with Gasteiger partial charge in [-0.15, -0.1) is 0 Å². The molecule has 0 aliphatic heterocycles. The molecule has 18 heavy (non-hydrogen) atoms. The number of anilines is 2. The van der Waals surface area contributed by atoms with Crippen LogP contribution in [0.1, 0.15) is 28.4 Å². The van der Waals surface area contributed by atoms with Gasteiger partial charge in [-0.25, -0.2) is 0 Å². The Labute approximate surface area is 106 Å². The lowest BCUT2D eigenvalue weighted by Gasteiger charge is -2.11. The van der Waals surface area contributed by atoms with E-state index < -0.39 is 0 Å². The minimum absolute atomic E-state index is 0.0950. The van der Waals surface area contributed by atoms with Gasteiger partial charge >= 0.3 is 0 Å². The third kappa shape index (κ3) is 2.07. The van der Waals surface area contributed by atoms with Crippen LogP contribution in [0.15, 0.2) is 42.5 Å². The molecule has 0 saturated heterocycles. The van der Waals surface area contributed by atoms with Gasteiger partial charge in [-0.2, -0.15) is 0 Å². The van der Waals surface area contributed by atoms with Crippen LogP contribution in [0.5, 0.6) is 0 Å². The molecule has 0 bridgehead atoms. The van der Waals surface area contributed by atoms with E-state index in [1.165, 1.54) is 0 Å². The van der Waals surface area contributed by atoms with Crippen LogP contribution in [0.3, 0.4) is 0 Å². The third-order valence-corrected chi connectivity index (χ3v) is 3.04. The van der Waals surface area contributed by atoms with Gasteiger partial charge < -0.3 is 11.5 Å². The first kappa shape index (κ1) is 12.2. The molecule has 2 aromatic rings. The number of carbonyl (C=O) groups is 1. The minimum Gasteiger partial charge on any atom is -0.397 e. The van der Waals surface area contributed by atoms with Crippen LogP contribution >= 0.6 is 0 Å². The van der Waals surface area contributed by atoms with Crippen LogP contribution in [0.25, 0.3) is 0 Å². The monoisotopic (exact) mass is 240 g/mol. The number of carbonyl (C=O) groups excluding carboxylic acids is 1. The zero-order valence-corrected chi connectivity index (χ0v) is 10.3. The van der Waals surface area contributed by atoms with Crippen LogP contribution in [0, 0.1) is 0 Å². The van der Waals surface area contributed by atoms with Gasteiger partial charge in [-0.05, 0) is 18.1 Å². The quantitative estimate of drug-likeness (QED) is 0.640. The molecule has 0 unspecified atom stereocenters. The van der Waals surface area contributed by atoms with Crippen LogP contribution in [-0.4, -0.2) is 5.78 Å². The Bertz CT molecular complexity index is 577. The predicted octanol–water partition coefficient (Wildman–Crippen LogP) is 2.64. The van der Waals surface area contributed by atoms with Crippen LogP contribution in [-0.2, 0) is 6.42 Å². The largest absolute Gasteiger partial charge is 0.397 e. The fourth-order valence-electron chi connectivity index (χ4n) is 1.93. The van der Waals surface area contributed by atoms with Gasteiger partial charge in [-0.1, -0.05) is 43.3 Å². The maximum atomic E-state index is 12.3. The average Bonchev–Trinajstić information content (AvgIpc) is 2.42. The normalized spacial score (nSPS) is 10.3. The van der Waals surface area contributed by atoms with Crippen molar-refractivity contribution in [3.8, 4) is 0 Å². The summed E-state index contributed by atoms with van der Waals surface area (Å²) in [6.07, 6.45) is 0.801. The van der Waals surface area contributed by atoms with E-state index in [0.717, 1.165) is 12.0 Å². The summed E-state index contributed by atoms with van der Waals surface area (Å²) < 4.78 is 0. The molecular weight excluding hydrogens is 224 g/mol. The van der Waals surface area contributed by atoms with Crippen LogP contribution in [0.2, 0.25) is 0 Å². The number of rotatable bonds is 3. The number of aryl methyl sites for hydroxylation is 1. The fourth-order valence-corrected chi connectivity index (χ4v) is 1.93. The summed E-state index contributed by atoms with van der Waals surface area (Å²) in [6.45, 7) is 2.00. The molecular formula is C15H16N2O. The van der Waals surface area contributed by atoms with E-state index in [2.05, 4.69) is 0 Å². The molecule has 2 rings (SSSR count). The topological polar surface area (TPSA) is 69.1 Å². The van der Waals surface area contributed by atoms with Gasteiger partial charge in [0.05, 0.1) is 11.4 Å². The predicted molar refractivity (Wildman–Crippen MR) is 74.5 cm³/mol. The third-order valence-electron chi connectivity index (χ3n) is 3.04. The number of ketones is 1. The number of nitrogen functional groups attached to an aromatic ring is 2. The van der Waals surface area contributed by atoms with E-state index in [1.807, 2.05) is 31.2 Å². The zero-order valence-electron chi connectivity index (χ0n) is 10.3. The van der Waals surface area contributed by atoms with Crippen molar-refractivity contribution in [1.82, 2.24) is 0 Å². The molecule has 92 valence electrons. The van der Waals surface area contributed by atoms with Crippen molar-refractivity contribution >= 4 is 17.2 Å². The van der Waals surface area contributed by atoms with Gasteiger partial charge in [0.25, 0.3) is 0 Å². The second-order valence-corrected chi connectivity index (χ2v) is 4.15. The molecule has 0 saturated carbocycles. The molecule has 0 fully saturated rings. The number of nitrogens with two attached hydrogens (primary N) is 2. The summed E-state index contributed by atoms with van der Waals surface area (Å²) in [6, 6.07) is 12.7. The highest BCUT2D eigenvalue weighted by Crippen LogP contribution is 2.26. The first-order chi connectivity index (χ1) is 8.65. The highest BCUT2D eigenvalue weighted by Gasteiger charge is 2.15. The average molecular weight is 240 g/mol. The second kappa shape index (κ2) is 4.92. The smallest absolute Gasteiger partial charge is 0.195 e. The molecule has 2 aromatic carbocycles. The molecule has 3 nitrogen and oxygen atoms in total. The number of hydrogen-bond donors (Lipinski definition) is 2. The molecule has 0 heterocycles. The molecule has 4 N–H and O–H groups in total. The van der Waals surface area contributed by atoms with Gasteiger partial charge in [-0.3, -0.25) is 4.79 Å². The van der Waals surface area contributed by atoms with Crippen molar-refractivity contribution in [2.45, 2.75) is 13.3 Å². The van der Waals surface area contributed by atoms with Crippen LogP contribution < -0.4 is 11.5 Å². The van der Waals surface area contributed by atoms with Crippen molar-refractivity contribution in [3.63, 3.8) is 0 Å². The molecule has 0 amide bonds. The highest BCUT2D eigenvalue weighted by atomic mass is 16.1. The molecule has 0 atom stereocenters. The lowest BCUT2D eigenvalue weighted by atomic mass is 9.98. The SMILES string of the molecule is CCc1ccc(C(=O)c2ccccc2)c(N)c1N. The molecule has 0 aliphatic carbocycles. The summed E-state index contributed by atoms with van der Waals surface area (Å²) in [5.41, 5.74) is 14.8. The van der Waals surface area contributed by atoms with E-state index in [1.54, 1.807) is 18.2 Å². The van der Waals surface area contributed by atoms with E-state index in [4.69, 9.17) is 11.5 Å². The van der Waals surface area contributed by atoms with Crippen molar-refractivity contribution in [3.05, 3.63) is 59.2 Å². The zero-order chi connectivity index (χ0) is 13.1. The van der Waals surface area contributed by atoms with Gasteiger partial charge in [0, 0.05) is 11.1 Å². The van der Waals surface area contributed by atoms with Crippen molar-refractivity contribution in [2.75, 3.05) is 11.5 Å². The van der Waals surface area contributed by atoms with Crippen molar-refractivity contribution in [1.29, 1.82) is 0 Å². The molecule has 0 aromatic heterocycles. The lowest BCUT2D eigenvalue weighted by molar-refractivity contribution is 0.103. The Morgan fingerprint density at radius 3 is 2.28 bits per heavy atom. The summed E-state index contributed by atoms with van der Waals surface area (Å²) in [5.74, 6) is -0.0950. The Balaban J connectivity index is 2.47. The van der Waals surface area contributed by atoms with Crippen molar-refractivity contribution in [2.24, 2.45) is 0 Å². The Morgan fingerprint density at radius 1 is 1.00 bits per heavy atom.